The van der Waals surface area contributed by atoms with Crippen molar-refractivity contribution >= 4 is 5.97 Å². The number of carbonyl (C=O) groups excluding carboxylic acids is 1. The summed E-state index contributed by atoms with van der Waals surface area (Å²) in [5.74, 6) is 1.88. The summed E-state index contributed by atoms with van der Waals surface area (Å²) in [6, 6.07) is 23.2. The van der Waals surface area contributed by atoms with Gasteiger partial charge >= 0.3 is 5.97 Å². The fourth-order valence-corrected chi connectivity index (χ4v) is 7.19. The largest absolute Gasteiger partial charge is 0.494 e. The molecular formula is C47H69NO4. The second-order valence-electron chi connectivity index (χ2n) is 15.0. The summed E-state index contributed by atoms with van der Waals surface area (Å²) in [5, 5.41) is 0. The number of hydrogen-bond acceptors (Lipinski definition) is 5. The Morgan fingerprint density at radius 3 is 1.58 bits per heavy atom. The minimum Gasteiger partial charge on any atom is -0.494 e. The molecule has 0 saturated carbocycles. The first-order valence-corrected chi connectivity index (χ1v) is 21.2. The van der Waals surface area contributed by atoms with Crippen LogP contribution in [-0.2, 0) is 0 Å². The van der Waals surface area contributed by atoms with Crippen LogP contribution in [0, 0.1) is 0 Å². The monoisotopic (exact) mass is 712 g/mol. The summed E-state index contributed by atoms with van der Waals surface area (Å²) < 4.78 is 17.9. The number of unbranched alkanes of at least 4 members (excludes halogenated alkanes) is 18. The average Bonchev–Trinajstić information content (AvgIpc) is 3.62. The molecule has 0 bridgehead atoms. The fraction of sp³-hybridized carbons (Fsp3) is 0.596. The zero-order chi connectivity index (χ0) is 36.5. The summed E-state index contributed by atoms with van der Waals surface area (Å²) in [4.78, 5) is 15.4. The first-order valence-electron chi connectivity index (χ1n) is 21.2. The van der Waals surface area contributed by atoms with Gasteiger partial charge < -0.3 is 14.2 Å². The highest BCUT2D eigenvalue weighted by Crippen LogP contribution is 2.25. The van der Waals surface area contributed by atoms with E-state index in [0.29, 0.717) is 11.3 Å². The van der Waals surface area contributed by atoms with Crippen molar-refractivity contribution in [1.29, 1.82) is 0 Å². The number of nitrogens with zero attached hydrogens (tertiary/aromatic N) is 1. The van der Waals surface area contributed by atoms with Gasteiger partial charge in [-0.15, -0.1) is 0 Å². The molecule has 0 unspecified atom stereocenters. The highest BCUT2D eigenvalue weighted by Gasteiger charge is 2.23. The molecule has 0 amide bonds. The molecule has 4 rings (SSSR count). The number of esters is 1. The number of benzene rings is 3. The van der Waals surface area contributed by atoms with Crippen LogP contribution in [0.25, 0.3) is 11.1 Å². The van der Waals surface area contributed by atoms with Gasteiger partial charge in [0.2, 0.25) is 0 Å². The summed E-state index contributed by atoms with van der Waals surface area (Å²) in [7, 11) is 0. The lowest BCUT2D eigenvalue weighted by molar-refractivity contribution is 0.0734. The zero-order valence-corrected chi connectivity index (χ0v) is 32.8. The SMILES string of the molecule is CCCCCCCCCCCCOc1ccc(-c2ccc(C(=O)Oc3ccc(O[C@@H]4CCN(CCCCCCCCCCCC)C4)cc3)cc2)cc1. The second kappa shape index (κ2) is 25.6. The molecule has 1 aliphatic heterocycles. The van der Waals surface area contributed by atoms with Gasteiger partial charge in [-0.25, -0.2) is 4.79 Å². The molecule has 1 saturated heterocycles. The number of ether oxygens (including phenoxy) is 3. The normalized spacial score (nSPS) is 14.5. The third-order valence-electron chi connectivity index (χ3n) is 10.5. The van der Waals surface area contributed by atoms with Crippen LogP contribution in [0.15, 0.2) is 72.8 Å². The van der Waals surface area contributed by atoms with E-state index in [1.165, 1.54) is 129 Å². The van der Waals surface area contributed by atoms with Crippen molar-refractivity contribution in [1.82, 2.24) is 4.90 Å². The molecule has 0 N–H and O–H groups in total. The van der Waals surface area contributed by atoms with Gasteiger partial charge in [0.15, 0.2) is 0 Å². The molecule has 1 atom stereocenters. The van der Waals surface area contributed by atoms with Gasteiger partial charge in [-0.05, 0) is 85.5 Å². The standard InChI is InChI=1S/C47H69NO4/c1-3-5-7-9-11-13-15-17-19-21-36-48-37-35-46(39-48)51-44-31-33-45(34-32-44)52-47(49)42-25-23-40(24-26-42)41-27-29-43(30-28-41)50-38-22-20-18-16-14-12-10-8-6-4-2/h23-34,46H,3-22,35-39H2,1-2H3/t46-/m1/s1. The Balaban J connectivity index is 1.07. The Labute approximate surface area is 316 Å². The van der Waals surface area contributed by atoms with Crippen molar-refractivity contribution in [3.8, 4) is 28.4 Å². The molecule has 3 aromatic rings. The Morgan fingerprint density at radius 1 is 0.558 bits per heavy atom. The quantitative estimate of drug-likeness (QED) is 0.0426. The number of rotatable bonds is 28. The Hall–Kier alpha value is -3.31. The van der Waals surface area contributed by atoms with E-state index in [2.05, 4.69) is 30.9 Å². The van der Waals surface area contributed by atoms with Gasteiger partial charge in [0.1, 0.15) is 23.4 Å². The molecule has 5 nitrogen and oxygen atoms in total. The molecule has 0 aromatic heterocycles. The Morgan fingerprint density at radius 2 is 1.02 bits per heavy atom. The van der Waals surface area contributed by atoms with Crippen molar-refractivity contribution in [2.75, 3.05) is 26.2 Å². The van der Waals surface area contributed by atoms with Gasteiger partial charge in [-0.3, -0.25) is 4.90 Å². The van der Waals surface area contributed by atoms with E-state index in [1.807, 2.05) is 60.7 Å². The summed E-state index contributed by atoms with van der Waals surface area (Å²) in [5.41, 5.74) is 2.66. The van der Waals surface area contributed by atoms with Crippen LogP contribution in [0.1, 0.15) is 159 Å². The van der Waals surface area contributed by atoms with Gasteiger partial charge in [0.25, 0.3) is 0 Å². The molecular weight excluding hydrogens is 643 g/mol. The molecule has 0 spiro atoms. The van der Waals surface area contributed by atoms with Crippen LogP contribution in [0.3, 0.4) is 0 Å². The van der Waals surface area contributed by atoms with E-state index in [0.717, 1.165) is 55.2 Å². The fourth-order valence-electron chi connectivity index (χ4n) is 7.19. The number of carbonyl (C=O) groups is 1. The van der Waals surface area contributed by atoms with Gasteiger partial charge in [-0.2, -0.15) is 0 Å². The summed E-state index contributed by atoms with van der Waals surface area (Å²) >= 11 is 0. The lowest BCUT2D eigenvalue weighted by Crippen LogP contribution is -2.25. The van der Waals surface area contributed by atoms with Crippen molar-refractivity contribution in [2.24, 2.45) is 0 Å². The molecule has 1 fully saturated rings. The van der Waals surface area contributed by atoms with Gasteiger partial charge in [-0.1, -0.05) is 154 Å². The van der Waals surface area contributed by atoms with Crippen LogP contribution in [0.4, 0.5) is 0 Å². The van der Waals surface area contributed by atoms with Crippen molar-refractivity contribution in [3.63, 3.8) is 0 Å². The van der Waals surface area contributed by atoms with Crippen LogP contribution in [0.5, 0.6) is 17.2 Å². The maximum atomic E-state index is 12.9. The minimum absolute atomic E-state index is 0.216. The highest BCUT2D eigenvalue weighted by atomic mass is 16.5. The maximum Gasteiger partial charge on any atom is 0.343 e. The van der Waals surface area contributed by atoms with Crippen molar-refractivity contribution in [3.05, 3.63) is 78.4 Å². The smallest absolute Gasteiger partial charge is 0.343 e. The van der Waals surface area contributed by atoms with Crippen LogP contribution in [0.2, 0.25) is 0 Å². The Bertz CT molecular complexity index is 1340. The highest BCUT2D eigenvalue weighted by molar-refractivity contribution is 5.91. The zero-order valence-electron chi connectivity index (χ0n) is 32.8. The van der Waals surface area contributed by atoms with E-state index < -0.39 is 0 Å². The number of hydrogen-bond donors (Lipinski definition) is 0. The molecule has 3 aromatic carbocycles. The number of likely N-dealkylation sites (tertiary alicyclic amines) is 1. The third kappa shape index (κ3) is 16.6. The second-order valence-corrected chi connectivity index (χ2v) is 15.0. The van der Waals surface area contributed by atoms with Crippen LogP contribution < -0.4 is 14.2 Å². The molecule has 0 radical (unpaired) electrons. The lowest BCUT2D eigenvalue weighted by atomic mass is 10.0. The Kier molecular flexibility index (Phi) is 20.4. The molecule has 286 valence electrons. The molecule has 1 aliphatic rings. The van der Waals surface area contributed by atoms with Gasteiger partial charge in [0, 0.05) is 13.1 Å². The van der Waals surface area contributed by atoms with Gasteiger partial charge in [0.05, 0.1) is 12.2 Å². The van der Waals surface area contributed by atoms with Crippen molar-refractivity contribution in [2.45, 2.75) is 155 Å². The lowest BCUT2D eigenvalue weighted by Gasteiger charge is -2.17. The van der Waals surface area contributed by atoms with E-state index >= 15 is 0 Å². The van der Waals surface area contributed by atoms with Crippen molar-refractivity contribution < 1.29 is 19.0 Å². The van der Waals surface area contributed by atoms with E-state index in [9.17, 15) is 4.79 Å². The average molecular weight is 712 g/mol. The molecule has 5 heteroatoms. The van der Waals surface area contributed by atoms with E-state index in [4.69, 9.17) is 14.2 Å². The third-order valence-corrected chi connectivity index (χ3v) is 10.5. The van der Waals surface area contributed by atoms with Crippen LogP contribution >= 0.6 is 0 Å². The predicted molar refractivity (Wildman–Crippen MR) is 218 cm³/mol. The first-order chi connectivity index (χ1) is 25.6. The molecule has 0 aliphatic carbocycles. The van der Waals surface area contributed by atoms with Crippen LogP contribution in [-0.4, -0.2) is 43.2 Å². The minimum atomic E-state index is -0.366. The maximum absolute atomic E-state index is 12.9. The topological polar surface area (TPSA) is 48.0 Å². The first kappa shape index (κ1) is 41.4. The summed E-state index contributed by atoms with van der Waals surface area (Å²) in [6.07, 6.45) is 28.3. The molecule has 52 heavy (non-hydrogen) atoms. The van der Waals surface area contributed by atoms with E-state index in [1.54, 1.807) is 0 Å². The summed E-state index contributed by atoms with van der Waals surface area (Å²) in [6.45, 7) is 8.59. The van der Waals surface area contributed by atoms with E-state index in [-0.39, 0.29) is 12.1 Å². The predicted octanol–water partition coefficient (Wildman–Crippen LogP) is 13.2. The molecule has 1 heterocycles.